The first-order chi connectivity index (χ1) is 8.34. The van der Waals surface area contributed by atoms with Crippen LogP contribution in [0.1, 0.15) is 18.7 Å². The molecule has 1 fully saturated rings. The van der Waals surface area contributed by atoms with Crippen LogP contribution in [-0.2, 0) is 6.42 Å². The lowest BCUT2D eigenvalue weighted by molar-refractivity contribution is 0.340. The van der Waals surface area contributed by atoms with E-state index < -0.39 is 0 Å². The molecule has 0 bridgehead atoms. The fourth-order valence-electron chi connectivity index (χ4n) is 2.45. The maximum atomic E-state index is 11.7. The van der Waals surface area contributed by atoms with Gasteiger partial charge in [0.25, 0.3) is 5.56 Å². The second kappa shape index (κ2) is 4.33. The Labute approximate surface area is 99.1 Å². The number of hydrogen-bond acceptors (Lipinski definition) is 3. The molecule has 0 unspecified atom stereocenters. The predicted octanol–water partition coefficient (Wildman–Crippen LogP) is 0.661. The van der Waals surface area contributed by atoms with Crippen molar-refractivity contribution in [3.63, 3.8) is 0 Å². The normalized spacial score (nSPS) is 16.9. The molecule has 2 aromatic heterocycles. The summed E-state index contributed by atoms with van der Waals surface area (Å²) in [5, 5.41) is 7.13. The number of hydrogen-bond donors (Lipinski definition) is 1. The molecular weight excluding hydrogens is 216 g/mol. The van der Waals surface area contributed by atoms with Gasteiger partial charge in [-0.3, -0.25) is 9.89 Å². The molecule has 0 aromatic carbocycles. The number of likely N-dealkylation sites (tertiary alicyclic amines) is 1. The van der Waals surface area contributed by atoms with Crippen molar-refractivity contribution in [2.45, 2.75) is 19.3 Å². The molecule has 0 radical (unpaired) electrons. The Hall–Kier alpha value is -1.62. The van der Waals surface area contributed by atoms with Crippen LogP contribution in [0.15, 0.2) is 23.0 Å². The van der Waals surface area contributed by atoms with Crippen LogP contribution in [-0.4, -0.2) is 39.1 Å². The Morgan fingerprint density at radius 1 is 1.29 bits per heavy atom. The van der Waals surface area contributed by atoms with Crippen LogP contribution in [0.25, 0.3) is 5.65 Å². The Balaban J connectivity index is 1.82. The average molecular weight is 232 g/mol. The highest BCUT2D eigenvalue weighted by Crippen LogP contribution is 2.08. The third kappa shape index (κ3) is 1.98. The molecule has 17 heavy (non-hydrogen) atoms. The molecule has 3 rings (SSSR count). The van der Waals surface area contributed by atoms with Gasteiger partial charge in [-0.05, 0) is 32.0 Å². The van der Waals surface area contributed by atoms with Gasteiger partial charge in [0.1, 0.15) is 11.5 Å². The van der Waals surface area contributed by atoms with E-state index in [9.17, 15) is 4.79 Å². The van der Waals surface area contributed by atoms with E-state index in [1.54, 1.807) is 16.5 Å². The smallest absolute Gasteiger partial charge is 0.257 e. The van der Waals surface area contributed by atoms with Crippen LogP contribution in [0, 0.1) is 0 Å². The van der Waals surface area contributed by atoms with Crippen molar-refractivity contribution in [2.75, 3.05) is 19.6 Å². The number of aromatic nitrogens is 3. The van der Waals surface area contributed by atoms with Crippen LogP contribution in [0.2, 0.25) is 0 Å². The first kappa shape index (κ1) is 10.5. The highest BCUT2D eigenvalue weighted by Gasteiger charge is 2.13. The monoisotopic (exact) mass is 232 g/mol. The van der Waals surface area contributed by atoms with Gasteiger partial charge in [0, 0.05) is 19.0 Å². The van der Waals surface area contributed by atoms with E-state index in [0.29, 0.717) is 0 Å². The summed E-state index contributed by atoms with van der Waals surface area (Å²) in [6.45, 7) is 3.34. The quantitative estimate of drug-likeness (QED) is 0.846. The van der Waals surface area contributed by atoms with Crippen LogP contribution < -0.4 is 5.56 Å². The molecule has 0 spiro atoms. The van der Waals surface area contributed by atoms with Gasteiger partial charge in [-0.1, -0.05) is 6.07 Å². The van der Waals surface area contributed by atoms with Gasteiger partial charge in [-0.15, -0.1) is 0 Å². The minimum atomic E-state index is -0.00679. The standard InChI is InChI=1S/C12H16N4O/c17-12-5-3-4-10-13-14-11(16(10)12)6-9-15-7-1-2-8-15/h3-5,13H,1-2,6-9H2. The summed E-state index contributed by atoms with van der Waals surface area (Å²) in [5.41, 5.74) is 0.765. The summed E-state index contributed by atoms with van der Waals surface area (Å²) in [5.74, 6) is 0.831. The Morgan fingerprint density at radius 2 is 2.12 bits per heavy atom. The van der Waals surface area contributed by atoms with Crippen LogP contribution in [0.4, 0.5) is 0 Å². The fraction of sp³-hybridized carbons (Fsp3) is 0.500. The van der Waals surface area contributed by atoms with Gasteiger partial charge in [-0.2, -0.15) is 5.10 Å². The molecule has 2 aromatic rings. The third-order valence-corrected chi connectivity index (χ3v) is 3.36. The number of nitrogens with zero attached hydrogens (tertiary/aromatic N) is 3. The summed E-state index contributed by atoms with van der Waals surface area (Å²) >= 11 is 0. The van der Waals surface area contributed by atoms with E-state index in [4.69, 9.17) is 0 Å². The topological polar surface area (TPSA) is 53.4 Å². The van der Waals surface area contributed by atoms with Crippen LogP contribution in [0.3, 0.4) is 0 Å². The lowest BCUT2D eigenvalue weighted by atomic mass is 10.3. The zero-order chi connectivity index (χ0) is 11.7. The highest BCUT2D eigenvalue weighted by molar-refractivity contribution is 5.37. The van der Waals surface area contributed by atoms with Crippen molar-refractivity contribution in [2.24, 2.45) is 0 Å². The van der Waals surface area contributed by atoms with E-state index in [2.05, 4.69) is 15.1 Å². The molecule has 5 nitrogen and oxygen atoms in total. The third-order valence-electron chi connectivity index (χ3n) is 3.36. The Morgan fingerprint density at radius 3 is 2.94 bits per heavy atom. The molecule has 0 amide bonds. The molecular formula is C12H16N4O. The maximum absolute atomic E-state index is 11.7. The minimum absolute atomic E-state index is 0.00679. The van der Waals surface area contributed by atoms with Crippen molar-refractivity contribution in [1.29, 1.82) is 0 Å². The predicted molar refractivity (Wildman–Crippen MR) is 65.2 cm³/mol. The molecule has 3 heterocycles. The van der Waals surface area contributed by atoms with E-state index in [0.717, 1.165) is 24.4 Å². The summed E-state index contributed by atoms with van der Waals surface area (Å²) in [6.07, 6.45) is 3.41. The van der Waals surface area contributed by atoms with Gasteiger partial charge in [0.05, 0.1) is 0 Å². The maximum Gasteiger partial charge on any atom is 0.257 e. The second-order valence-corrected chi connectivity index (χ2v) is 4.52. The molecule has 1 aliphatic rings. The van der Waals surface area contributed by atoms with Crippen molar-refractivity contribution < 1.29 is 0 Å². The first-order valence-electron chi connectivity index (χ1n) is 6.12. The molecule has 1 saturated heterocycles. The summed E-state index contributed by atoms with van der Waals surface area (Å²) in [7, 11) is 0. The van der Waals surface area contributed by atoms with Crippen molar-refractivity contribution in [1.82, 2.24) is 19.5 Å². The molecule has 1 aliphatic heterocycles. The summed E-state index contributed by atoms with van der Waals surface area (Å²) in [6, 6.07) is 5.19. The van der Waals surface area contributed by atoms with E-state index >= 15 is 0 Å². The number of H-pyrrole nitrogens is 1. The molecule has 0 atom stereocenters. The summed E-state index contributed by atoms with van der Waals surface area (Å²) in [4.78, 5) is 14.2. The Kier molecular flexibility index (Phi) is 2.68. The van der Waals surface area contributed by atoms with E-state index in [-0.39, 0.29) is 5.56 Å². The Bertz CT molecular complexity index is 565. The van der Waals surface area contributed by atoms with Gasteiger partial charge < -0.3 is 4.90 Å². The summed E-state index contributed by atoms with van der Waals surface area (Å²) < 4.78 is 1.66. The van der Waals surface area contributed by atoms with Crippen LogP contribution >= 0.6 is 0 Å². The first-order valence-corrected chi connectivity index (χ1v) is 6.12. The van der Waals surface area contributed by atoms with Gasteiger partial charge in [-0.25, -0.2) is 4.40 Å². The lowest BCUT2D eigenvalue weighted by Crippen LogP contribution is -2.24. The minimum Gasteiger partial charge on any atom is -0.303 e. The molecule has 5 heteroatoms. The number of fused-ring (bicyclic) bond motifs is 1. The molecule has 90 valence electrons. The number of aromatic amines is 1. The number of rotatable bonds is 3. The van der Waals surface area contributed by atoms with Gasteiger partial charge in [0.15, 0.2) is 0 Å². The molecule has 0 saturated carbocycles. The van der Waals surface area contributed by atoms with E-state index in [1.165, 1.54) is 25.9 Å². The second-order valence-electron chi connectivity index (χ2n) is 4.52. The largest absolute Gasteiger partial charge is 0.303 e. The zero-order valence-corrected chi connectivity index (χ0v) is 9.72. The zero-order valence-electron chi connectivity index (χ0n) is 9.72. The van der Waals surface area contributed by atoms with Crippen molar-refractivity contribution in [3.8, 4) is 0 Å². The van der Waals surface area contributed by atoms with Crippen molar-refractivity contribution >= 4 is 5.65 Å². The van der Waals surface area contributed by atoms with Crippen molar-refractivity contribution in [3.05, 3.63) is 34.4 Å². The van der Waals surface area contributed by atoms with Gasteiger partial charge >= 0.3 is 0 Å². The number of pyridine rings is 1. The molecule has 0 aliphatic carbocycles. The SMILES string of the molecule is O=c1cccc2[nH]nc(CCN3CCCC3)n12. The number of nitrogens with one attached hydrogen (secondary N) is 1. The van der Waals surface area contributed by atoms with Gasteiger partial charge in [0.2, 0.25) is 0 Å². The molecule has 1 N–H and O–H groups in total. The van der Waals surface area contributed by atoms with E-state index in [1.807, 2.05) is 6.07 Å². The average Bonchev–Trinajstić information content (AvgIpc) is 2.95. The highest BCUT2D eigenvalue weighted by atomic mass is 16.1. The lowest BCUT2D eigenvalue weighted by Gasteiger charge is -2.12. The van der Waals surface area contributed by atoms with Crippen LogP contribution in [0.5, 0.6) is 0 Å². The fourth-order valence-corrected chi connectivity index (χ4v) is 2.45.